The molecular formula is C53H70O5Si2. The van der Waals surface area contributed by atoms with E-state index in [-0.39, 0.29) is 35.1 Å². The van der Waals surface area contributed by atoms with Crippen LogP contribution >= 0.6 is 0 Å². The Labute approximate surface area is 364 Å². The Balaban J connectivity index is 1.56. The molecule has 320 valence electrons. The summed E-state index contributed by atoms with van der Waals surface area (Å²) in [5.41, 5.74) is 4.08. The van der Waals surface area contributed by atoms with Gasteiger partial charge in [0.25, 0.3) is 0 Å². The first kappa shape index (κ1) is 47.0. The molecule has 4 aromatic rings. The molecule has 7 heteroatoms. The molecule has 0 spiro atoms. The molecule has 0 amide bonds. The van der Waals surface area contributed by atoms with Gasteiger partial charge in [-0.2, -0.15) is 0 Å². The minimum absolute atomic E-state index is 0.000913. The molecule has 5 nitrogen and oxygen atoms in total. The highest BCUT2D eigenvalue weighted by Crippen LogP contribution is 2.52. The molecule has 0 saturated heterocycles. The molecule has 0 heterocycles. The summed E-state index contributed by atoms with van der Waals surface area (Å²) in [6.07, 6.45) is 1.82. The molecule has 5 atom stereocenters. The molecule has 0 N–H and O–H groups in total. The molecule has 5 rings (SSSR count). The smallest absolute Gasteiger partial charge is 0.338 e. The lowest BCUT2D eigenvalue weighted by atomic mass is 9.67. The fraction of sp³-hybridized carbons (Fsp3) is 0.453. The third kappa shape index (κ3) is 10.2. The second kappa shape index (κ2) is 20.2. The lowest BCUT2D eigenvalue weighted by Crippen LogP contribution is -2.66. The summed E-state index contributed by atoms with van der Waals surface area (Å²) in [6, 6.07) is 40.8. The van der Waals surface area contributed by atoms with Gasteiger partial charge in [-0.1, -0.05) is 196 Å². The third-order valence-corrected chi connectivity index (χ3v) is 23.8. The normalized spacial score (nSPS) is 19.0. The molecule has 1 aliphatic rings. The zero-order valence-corrected chi connectivity index (χ0v) is 40.1. The van der Waals surface area contributed by atoms with Crippen LogP contribution in [-0.2, 0) is 23.9 Å². The van der Waals surface area contributed by atoms with Crippen LogP contribution in [0.2, 0.25) is 34.8 Å². The SMILES string of the molecule is C=C[C@H](CC#C[C@@H]1[C@@H](CCOC(c2ccccc2)(c2ccccc2)c2ccccc2)[C@@H](O[Si](C)(C)C(C)(C)C)[C@@H]1O[Si](C(C)C)(C(C)C)C(C)C)OC(=O)c1ccccc1. The highest BCUT2D eigenvalue weighted by molar-refractivity contribution is 6.77. The Hall–Kier alpha value is -4.04. The van der Waals surface area contributed by atoms with Crippen LogP contribution < -0.4 is 0 Å². The fourth-order valence-corrected chi connectivity index (χ4v) is 16.0. The number of benzene rings is 4. The Morgan fingerprint density at radius 1 is 0.700 bits per heavy atom. The number of ether oxygens (including phenoxy) is 2. The Bertz CT molecular complexity index is 1890. The maximum absolute atomic E-state index is 13.0. The zero-order chi connectivity index (χ0) is 43.7. The van der Waals surface area contributed by atoms with Crippen molar-refractivity contribution < 1.29 is 23.1 Å². The summed E-state index contributed by atoms with van der Waals surface area (Å²) >= 11 is 0. The summed E-state index contributed by atoms with van der Waals surface area (Å²) in [4.78, 5) is 13.0. The molecule has 0 aromatic heterocycles. The number of hydrogen-bond donors (Lipinski definition) is 0. The van der Waals surface area contributed by atoms with Gasteiger partial charge < -0.3 is 18.3 Å². The van der Waals surface area contributed by atoms with E-state index in [0.29, 0.717) is 35.2 Å². The summed E-state index contributed by atoms with van der Waals surface area (Å²) in [7, 11) is -4.64. The van der Waals surface area contributed by atoms with Gasteiger partial charge in [0.15, 0.2) is 8.32 Å². The van der Waals surface area contributed by atoms with Crippen molar-refractivity contribution in [3.05, 3.63) is 156 Å². The topological polar surface area (TPSA) is 54.0 Å². The van der Waals surface area contributed by atoms with Crippen LogP contribution in [0.25, 0.3) is 0 Å². The van der Waals surface area contributed by atoms with Gasteiger partial charge in [0.05, 0.1) is 23.7 Å². The van der Waals surface area contributed by atoms with Crippen molar-refractivity contribution in [2.24, 2.45) is 11.8 Å². The maximum atomic E-state index is 13.0. The van der Waals surface area contributed by atoms with Gasteiger partial charge in [-0.3, -0.25) is 0 Å². The number of rotatable bonds is 18. The minimum Gasteiger partial charge on any atom is -0.454 e. The minimum atomic E-state index is -2.36. The van der Waals surface area contributed by atoms with Crippen molar-refractivity contribution in [3.8, 4) is 11.8 Å². The van der Waals surface area contributed by atoms with E-state index in [0.717, 1.165) is 23.1 Å². The van der Waals surface area contributed by atoms with Crippen LogP contribution in [0.4, 0.5) is 0 Å². The molecule has 0 radical (unpaired) electrons. The largest absolute Gasteiger partial charge is 0.454 e. The summed E-state index contributed by atoms with van der Waals surface area (Å²) < 4.78 is 28.5. The number of esters is 1. The van der Waals surface area contributed by atoms with E-state index in [2.05, 4.69) is 185 Å². The van der Waals surface area contributed by atoms with E-state index in [4.69, 9.17) is 18.3 Å². The van der Waals surface area contributed by atoms with Crippen molar-refractivity contribution in [1.82, 2.24) is 0 Å². The quantitative estimate of drug-likeness (QED) is 0.0328. The van der Waals surface area contributed by atoms with Crippen LogP contribution in [0, 0.1) is 23.7 Å². The standard InChI is InChI=1S/C53H70O5Si2/c1-13-46(56-51(54)42-27-18-14-19-28-42)35-26-36-47-48(49(57-59(11,12)52(8,9)10)50(47)58-60(39(2)3,40(4)5)41(6)7)37-38-55-53(43-29-20-15-21-30-43,44-31-22-16-23-32-44)45-33-24-17-25-34-45/h13-25,27-34,39-41,46-50H,1,35,37-38H2,2-12H3/t46-,47-,48-,49-,50-/m1/s1. The number of carbonyl (C=O) groups excluding carboxylic acids is 1. The highest BCUT2D eigenvalue weighted by atomic mass is 28.4. The molecule has 0 bridgehead atoms. The monoisotopic (exact) mass is 842 g/mol. The predicted molar refractivity (Wildman–Crippen MR) is 253 cm³/mol. The van der Waals surface area contributed by atoms with E-state index in [1.165, 1.54) is 0 Å². The Morgan fingerprint density at radius 2 is 1.15 bits per heavy atom. The Kier molecular flexibility index (Phi) is 15.8. The summed E-state index contributed by atoms with van der Waals surface area (Å²) in [5.74, 6) is 6.75. The second-order valence-electron chi connectivity index (χ2n) is 18.9. The van der Waals surface area contributed by atoms with Crippen molar-refractivity contribution >= 4 is 22.6 Å². The average molecular weight is 843 g/mol. The predicted octanol–water partition coefficient (Wildman–Crippen LogP) is 13.4. The van der Waals surface area contributed by atoms with Crippen molar-refractivity contribution in [2.45, 2.75) is 134 Å². The maximum Gasteiger partial charge on any atom is 0.338 e. The van der Waals surface area contributed by atoms with Gasteiger partial charge in [-0.15, -0.1) is 0 Å². The van der Waals surface area contributed by atoms with Crippen LogP contribution in [0.1, 0.15) is 102 Å². The fourth-order valence-electron chi connectivity index (χ4n) is 9.09. The van der Waals surface area contributed by atoms with Crippen molar-refractivity contribution in [1.29, 1.82) is 0 Å². The molecule has 0 aliphatic heterocycles. The molecule has 1 saturated carbocycles. The first-order chi connectivity index (χ1) is 28.5. The third-order valence-electron chi connectivity index (χ3n) is 13.3. The van der Waals surface area contributed by atoms with Gasteiger partial charge in [-0.25, -0.2) is 4.79 Å². The van der Waals surface area contributed by atoms with Gasteiger partial charge in [0, 0.05) is 18.9 Å². The van der Waals surface area contributed by atoms with Gasteiger partial charge in [-0.05, 0) is 70.0 Å². The zero-order valence-electron chi connectivity index (χ0n) is 38.1. The Morgan fingerprint density at radius 3 is 1.57 bits per heavy atom. The first-order valence-corrected chi connectivity index (χ1v) is 27.1. The highest BCUT2D eigenvalue weighted by Gasteiger charge is 2.59. The van der Waals surface area contributed by atoms with E-state index < -0.39 is 28.3 Å². The molecule has 1 aliphatic carbocycles. The van der Waals surface area contributed by atoms with Crippen LogP contribution in [0.5, 0.6) is 0 Å². The molecule has 60 heavy (non-hydrogen) atoms. The van der Waals surface area contributed by atoms with Crippen LogP contribution in [0.3, 0.4) is 0 Å². The molecular weight excluding hydrogens is 773 g/mol. The van der Waals surface area contributed by atoms with Crippen LogP contribution in [0.15, 0.2) is 134 Å². The molecule has 4 aromatic carbocycles. The summed E-state index contributed by atoms with van der Waals surface area (Å²) in [6.45, 7) is 30.1. The first-order valence-electron chi connectivity index (χ1n) is 22.0. The molecule has 0 unspecified atom stereocenters. The van der Waals surface area contributed by atoms with E-state index in [1.54, 1.807) is 18.2 Å². The van der Waals surface area contributed by atoms with Crippen LogP contribution in [-0.4, -0.2) is 47.5 Å². The lowest BCUT2D eigenvalue weighted by Gasteiger charge is -2.57. The van der Waals surface area contributed by atoms with Gasteiger partial charge >= 0.3 is 5.97 Å². The van der Waals surface area contributed by atoms with E-state index in [9.17, 15) is 4.79 Å². The second-order valence-corrected chi connectivity index (χ2v) is 29.1. The van der Waals surface area contributed by atoms with Gasteiger partial charge in [0.2, 0.25) is 8.32 Å². The number of hydrogen-bond acceptors (Lipinski definition) is 5. The average Bonchev–Trinajstić information content (AvgIpc) is 3.23. The lowest BCUT2D eigenvalue weighted by molar-refractivity contribution is -0.130. The van der Waals surface area contributed by atoms with E-state index >= 15 is 0 Å². The summed E-state index contributed by atoms with van der Waals surface area (Å²) in [5, 5.41) is 0.000913. The van der Waals surface area contributed by atoms with E-state index in [1.807, 2.05) is 18.2 Å². The van der Waals surface area contributed by atoms with Gasteiger partial charge in [0.1, 0.15) is 11.7 Å². The van der Waals surface area contributed by atoms with Crippen molar-refractivity contribution in [3.63, 3.8) is 0 Å². The molecule has 1 fully saturated rings. The van der Waals surface area contributed by atoms with Crippen molar-refractivity contribution in [2.75, 3.05) is 6.61 Å². The number of carbonyl (C=O) groups is 1.